The first-order valence-electron chi connectivity index (χ1n) is 5.09. The summed E-state index contributed by atoms with van der Waals surface area (Å²) in [5.41, 5.74) is 1.37. The van der Waals surface area contributed by atoms with Crippen molar-refractivity contribution in [2.75, 3.05) is 0 Å². The highest BCUT2D eigenvalue weighted by molar-refractivity contribution is 6.18. The summed E-state index contributed by atoms with van der Waals surface area (Å²) in [7, 11) is 0. The zero-order chi connectivity index (χ0) is 13.6. The average molecular weight is 288 g/mol. The molecule has 3 aromatic rings. The number of pyridine rings is 1. The zero-order valence-corrected chi connectivity index (χ0v) is 9.89. The third-order valence-electron chi connectivity index (χ3n) is 2.51. The fraction of sp³-hybridized carbons (Fsp3) is 0.100. The number of aromatic nitrogens is 5. The van der Waals surface area contributed by atoms with Gasteiger partial charge in [0, 0.05) is 29.7 Å². The largest absolute Gasteiger partial charge is 0.504 e. The van der Waals surface area contributed by atoms with E-state index >= 15 is 0 Å². The molecule has 0 radical (unpaired) electrons. The molecule has 0 spiro atoms. The lowest BCUT2D eigenvalue weighted by Gasteiger charge is -2.03. The Morgan fingerprint density at radius 3 is 2.74 bits per heavy atom. The molecule has 0 fully saturated rings. The van der Waals surface area contributed by atoms with Gasteiger partial charge in [-0.15, -0.1) is 13.2 Å². The fourth-order valence-electron chi connectivity index (χ4n) is 1.70. The van der Waals surface area contributed by atoms with E-state index in [-0.39, 0.29) is 15.9 Å². The van der Waals surface area contributed by atoms with Crippen LogP contribution in [0.15, 0.2) is 30.7 Å². The van der Waals surface area contributed by atoms with Gasteiger partial charge in [-0.1, -0.05) is 0 Å². The van der Waals surface area contributed by atoms with Gasteiger partial charge >= 0.3 is 6.30 Å². The van der Waals surface area contributed by atoms with Gasteiger partial charge in [0.15, 0.2) is 0 Å². The molecule has 0 unspecified atom stereocenters. The van der Waals surface area contributed by atoms with Crippen LogP contribution in [-0.2, 0) is 6.30 Å². The molecule has 98 valence electrons. The highest BCUT2D eigenvalue weighted by Crippen LogP contribution is 2.29. The zero-order valence-electron chi connectivity index (χ0n) is 9.13. The highest BCUT2D eigenvalue weighted by atomic mass is 35.5. The predicted octanol–water partition coefficient (Wildman–Crippen LogP) is 2.77. The molecule has 9 heteroatoms. The summed E-state index contributed by atoms with van der Waals surface area (Å²) >= 11 is 5.84. The van der Waals surface area contributed by atoms with E-state index < -0.39 is 6.30 Å². The number of rotatable bonds is 1. The third kappa shape index (κ3) is 1.93. The first kappa shape index (κ1) is 12.0. The minimum Gasteiger partial charge on any atom is -0.252 e. The summed E-state index contributed by atoms with van der Waals surface area (Å²) in [4.78, 5) is 4.06. The Balaban J connectivity index is 2.17. The minimum atomic E-state index is -4.56. The van der Waals surface area contributed by atoms with Crippen LogP contribution in [0.25, 0.3) is 22.3 Å². The van der Waals surface area contributed by atoms with Gasteiger partial charge < -0.3 is 0 Å². The lowest BCUT2D eigenvalue weighted by molar-refractivity contribution is -0.212. The Kier molecular flexibility index (Phi) is 2.49. The topological polar surface area (TPSA) is 48.5 Å². The van der Waals surface area contributed by atoms with Gasteiger partial charge in [-0.3, -0.25) is 4.98 Å². The molecule has 3 aromatic heterocycles. The smallest absolute Gasteiger partial charge is 0.252 e. The Bertz CT molecular complexity index is 745. The van der Waals surface area contributed by atoms with Crippen LogP contribution in [0.3, 0.4) is 0 Å². The molecule has 3 rings (SSSR count). The quantitative estimate of drug-likeness (QED) is 0.691. The van der Waals surface area contributed by atoms with Crippen molar-refractivity contribution in [1.29, 1.82) is 0 Å². The van der Waals surface area contributed by atoms with Crippen LogP contribution < -0.4 is 0 Å². The van der Waals surface area contributed by atoms with Crippen LogP contribution in [0.2, 0.25) is 0 Å². The van der Waals surface area contributed by atoms with Gasteiger partial charge in [0.1, 0.15) is 16.7 Å². The van der Waals surface area contributed by atoms with Crippen molar-refractivity contribution in [1.82, 2.24) is 24.1 Å². The molecular weight excluding hydrogens is 283 g/mol. The molecule has 0 saturated carbocycles. The molecule has 19 heavy (non-hydrogen) atoms. The van der Waals surface area contributed by atoms with Crippen molar-refractivity contribution in [3.63, 3.8) is 0 Å². The van der Waals surface area contributed by atoms with Crippen LogP contribution in [0, 0.1) is 0 Å². The maximum Gasteiger partial charge on any atom is 0.504 e. The van der Waals surface area contributed by atoms with Gasteiger partial charge in [-0.2, -0.15) is 19.1 Å². The first-order chi connectivity index (χ1) is 8.97. The standard InChI is InChI=1S/C10H5ClF3N5/c11-19-7-2-1-3-15-9(7)8(17-19)6-4-16-18(5-6)10(12,13)14/h1-5H. The van der Waals surface area contributed by atoms with Crippen LogP contribution in [0.4, 0.5) is 13.2 Å². The Hall–Kier alpha value is -2.09. The van der Waals surface area contributed by atoms with E-state index in [0.717, 1.165) is 16.6 Å². The summed E-state index contributed by atoms with van der Waals surface area (Å²) in [5, 5.41) is 7.21. The van der Waals surface area contributed by atoms with Crippen molar-refractivity contribution < 1.29 is 13.2 Å². The monoisotopic (exact) mass is 287 g/mol. The third-order valence-corrected chi connectivity index (χ3v) is 2.77. The van der Waals surface area contributed by atoms with E-state index in [9.17, 15) is 13.2 Å². The van der Waals surface area contributed by atoms with E-state index in [2.05, 4.69) is 15.2 Å². The molecule has 0 aliphatic heterocycles. The molecule has 0 aliphatic carbocycles. The van der Waals surface area contributed by atoms with Crippen LogP contribution >= 0.6 is 11.8 Å². The van der Waals surface area contributed by atoms with Crippen molar-refractivity contribution >= 4 is 22.8 Å². The highest BCUT2D eigenvalue weighted by Gasteiger charge is 2.32. The second-order valence-corrected chi connectivity index (χ2v) is 4.04. The molecule has 0 aromatic carbocycles. The number of fused-ring (bicyclic) bond motifs is 1. The van der Waals surface area contributed by atoms with Gasteiger partial charge in [-0.05, 0) is 12.1 Å². The number of hydrogen-bond donors (Lipinski definition) is 0. The lowest BCUT2D eigenvalue weighted by Crippen LogP contribution is -2.16. The molecule has 0 saturated heterocycles. The minimum absolute atomic E-state index is 0.0929. The number of hydrogen-bond acceptors (Lipinski definition) is 3. The van der Waals surface area contributed by atoms with E-state index in [1.807, 2.05) is 0 Å². The van der Waals surface area contributed by atoms with Crippen LogP contribution in [0.1, 0.15) is 0 Å². The van der Waals surface area contributed by atoms with Crippen molar-refractivity contribution in [3.8, 4) is 11.3 Å². The molecule has 5 nitrogen and oxygen atoms in total. The Labute approximate surface area is 109 Å². The predicted molar refractivity (Wildman–Crippen MR) is 61.3 cm³/mol. The SMILES string of the molecule is FC(F)(F)n1cc(-c2nn(Cl)c3cccnc23)cn1. The summed E-state index contributed by atoms with van der Waals surface area (Å²) in [6.07, 6.45) is -1.14. The lowest BCUT2D eigenvalue weighted by atomic mass is 10.2. The summed E-state index contributed by atoms with van der Waals surface area (Å²) in [5.74, 6) is 0. The molecule has 0 aliphatic rings. The first-order valence-corrected chi connectivity index (χ1v) is 5.43. The van der Waals surface area contributed by atoms with Gasteiger partial charge in [0.2, 0.25) is 0 Å². The van der Waals surface area contributed by atoms with E-state index in [1.54, 1.807) is 12.1 Å². The number of alkyl halides is 3. The molecule has 0 bridgehead atoms. The normalized spacial score (nSPS) is 12.2. The van der Waals surface area contributed by atoms with Crippen LogP contribution in [0.5, 0.6) is 0 Å². The van der Waals surface area contributed by atoms with Gasteiger partial charge in [0.25, 0.3) is 0 Å². The van der Waals surface area contributed by atoms with Gasteiger partial charge in [-0.25, -0.2) is 0 Å². The van der Waals surface area contributed by atoms with Crippen molar-refractivity contribution in [2.45, 2.75) is 6.30 Å². The fourth-order valence-corrected chi connectivity index (χ4v) is 1.91. The molecule has 0 N–H and O–H groups in total. The van der Waals surface area contributed by atoms with Crippen molar-refractivity contribution in [3.05, 3.63) is 30.7 Å². The Morgan fingerprint density at radius 2 is 2.05 bits per heavy atom. The Morgan fingerprint density at radius 1 is 1.26 bits per heavy atom. The molecule has 0 atom stereocenters. The van der Waals surface area contributed by atoms with E-state index in [0.29, 0.717) is 11.0 Å². The second kappa shape index (κ2) is 3.95. The maximum atomic E-state index is 12.5. The summed E-state index contributed by atoms with van der Waals surface area (Å²) in [6.45, 7) is 0. The van der Waals surface area contributed by atoms with E-state index in [4.69, 9.17) is 11.8 Å². The molecular formula is C10H5ClF3N5. The number of nitrogens with zero attached hydrogens (tertiary/aromatic N) is 5. The number of halogens is 4. The summed E-state index contributed by atoms with van der Waals surface area (Å²) < 4.78 is 38.4. The van der Waals surface area contributed by atoms with E-state index in [1.165, 1.54) is 6.20 Å². The summed E-state index contributed by atoms with van der Waals surface area (Å²) in [6, 6.07) is 3.33. The van der Waals surface area contributed by atoms with Gasteiger partial charge in [0.05, 0.1) is 6.20 Å². The maximum absolute atomic E-state index is 12.5. The van der Waals surface area contributed by atoms with Crippen LogP contribution in [-0.4, -0.2) is 24.1 Å². The molecule has 0 amide bonds. The van der Waals surface area contributed by atoms with Crippen molar-refractivity contribution in [2.24, 2.45) is 0 Å². The average Bonchev–Trinajstić information content (AvgIpc) is 2.94. The second-order valence-electron chi connectivity index (χ2n) is 3.72. The molecule has 3 heterocycles.